The third-order valence-corrected chi connectivity index (χ3v) is 2.33. The number of alkyl halides is 1. The van der Waals surface area contributed by atoms with Crippen molar-refractivity contribution in [3.8, 4) is 0 Å². The number of benzene rings is 1. The van der Waals surface area contributed by atoms with Crippen LogP contribution in [0.2, 0.25) is 0 Å². The van der Waals surface area contributed by atoms with Crippen LogP contribution in [-0.2, 0) is 16.0 Å². The minimum Gasteiger partial charge on any atom is -0.480 e. The fourth-order valence-electron chi connectivity index (χ4n) is 1.33. The zero-order chi connectivity index (χ0) is 12.8. The smallest absolute Gasteiger partial charge is 0.326 e. The van der Waals surface area contributed by atoms with Crippen LogP contribution in [0.5, 0.6) is 0 Å². The molecule has 0 spiro atoms. The van der Waals surface area contributed by atoms with Crippen LogP contribution in [0, 0.1) is 5.82 Å². The van der Waals surface area contributed by atoms with E-state index in [4.69, 9.17) is 16.7 Å². The van der Waals surface area contributed by atoms with Crippen LogP contribution in [0.3, 0.4) is 0 Å². The standard InChI is InChI=1S/C11H11ClFNO3/c12-6-10(15)14-9(11(16)17)5-7-2-1-3-8(13)4-7/h1-4,9H,5-6H2,(H,14,15)(H,16,17). The van der Waals surface area contributed by atoms with E-state index < -0.39 is 23.7 Å². The highest BCUT2D eigenvalue weighted by atomic mass is 35.5. The molecule has 1 rings (SSSR count). The molecule has 1 atom stereocenters. The lowest BCUT2D eigenvalue weighted by atomic mass is 10.1. The Bertz CT molecular complexity index is 425. The van der Waals surface area contributed by atoms with Crippen molar-refractivity contribution in [2.75, 3.05) is 5.88 Å². The maximum atomic E-state index is 12.9. The van der Waals surface area contributed by atoms with E-state index >= 15 is 0 Å². The van der Waals surface area contributed by atoms with Crippen molar-refractivity contribution in [3.05, 3.63) is 35.6 Å². The number of halogens is 2. The molecule has 0 aliphatic heterocycles. The molecule has 1 aromatic carbocycles. The minimum absolute atomic E-state index is 0.00965. The number of carbonyl (C=O) groups excluding carboxylic acids is 1. The monoisotopic (exact) mass is 259 g/mol. The van der Waals surface area contributed by atoms with Gasteiger partial charge >= 0.3 is 5.97 Å². The number of hydrogen-bond donors (Lipinski definition) is 2. The minimum atomic E-state index is -1.19. The molecule has 0 fully saturated rings. The number of carboxylic acid groups (broad SMARTS) is 1. The van der Waals surface area contributed by atoms with Gasteiger partial charge in [0, 0.05) is 6.42 Å². The Balaban J connectivity index is 2.73. The quantitative estimate of drug-likeness (QED) is 0.781. The molecule has 1 aromatic rings. The number of hydrogen-bond acceptors (Lipinski definition) is 2. The van der Waals surface area contributed by atoms with Crippen LogP contribution in [0.25, 0.3) is 0 Å². The molecule has 92 valence electrons. The predicted molar refractivity (Wildman–Crippen MR) is 60.4 cm³/mol. The molecule has 17 heavy (non-hydrogen) atoms. The van der Waals surface area contributed by atoms with E-state index in [1.165, 1.54) is 18.2 Å². The third-order valence-electron chi connectivity index (χ3n) is 2.08. The number of nitrogens with one attached hydrogen (secondary N) is 1. The highest BCUT2D eigenvalue weighted by Crippen LogP contribution is 2.07. The van der Waals surface area contributed by atoms with Crippen LogP contribution >= 0.6 is 11.6 Å². The molecule has 0 radical (unpaired) electrons. The van der Waals surface area contributed by atoms with Crippen LogP contribution in [0.1, 0.15) is 5.56 Å². The van der Waals surface area contributed by atoms with Crippen LogP contribution in [0.15, 0.2) is 24.3 Å². The Hall–Kier alpha value is -1.62. The summed E-state index contributed by atoms with van der Waals surface area (Å²) in [6, 6.07) is 4.45. The first kappa shape index (κ1) is 13.4. The van der Waals surface area contributed by atoms with Gasteiger partial charge in [-0.3, -0.25) is 4.79 Å². The maximum absolute atomic E-state index is 12.9. The average Bonchev–Trinajstić information content (AvgIpc) is 2.27. The van der Waals surface area contributed by atoms with E-state index in [1.54, 1.807) is 6.07 Å². The second-order valence-corrected chi connectivity index (χ2v) is 3.69. The van der Waals surface area contributed by atoms with Gasteiger partial charge in [-0.15, -0.1) is 11.6 Å². The summed E-state index contributed by atoms with van der Waals surface area (Å²) in [5, 5.41) is 11.1. The molecular formula is C11H11ClFNO3. The molecule has 1 unspecified atom stereocenters. The average molecular weight is 260 g/mol. The highest BCUT2D eigenvalue weighted by Gasteiger charge is 2.19. The summed E-state index contributed by atoms with van der Waals surface area (Å²) in [6.07, 6.45) is 0.00965. The molecule has 0 heterocycles. The molecule has 0 aromatic heterocycles. The van der Waals surface area contributed by atoms with Gasteiger partial charge in [-0.1, -0.05) is 12.1 Å². The van der Waals surface area contributed by atoms with Gasteiger partial charge in [-0.05, 0) is 17.7 Å². The second kappa shape index (κ2) is 6.20. The van der Waals surface area contributed by atoms with Crippen molar-refractivity contribution in [1.82, 2.24) is 5.32 Å². The number of carboxylic acids is 1. The summed E-state index contributed by atoms with van der Waals surface area (Å²) < 4.78 is 12.9. The lowest BCUT2D eigenvalue weighted by molar-refractivity contribution is -0.141. The van der Waals surface area contributed by atoms with E-state index in [1.807, 2.05) is 0 Å². The van der Waals surface area contributed by atoms with Gasteiger partial charge in [0.25, 0.3) is 0 Å². The number of aliphatic carboxylic acids is 1. The Kier molecular flexibility index (Phi) is 4.90. The van der Waals surface area contributed by atoms with Gasteiger partial charge in [-0.2, -0.15) is 0 Å². The summed E-state index contributed by atoms with van der Waals surface area (Å²) in [4.78, 5) is 21.9. The SMILES string of the molecule is O=C(CCl)NC(Cc1cccc(F)c1)C(=O)O. The molecule has 0 aliphatic carbocycles. The summed E-state index contributed by atoms with van der Waals surface area (Å²) >= 11 is 5.26. The van der Waals surface area contributed by atoms with Crippen molar-refractivity contribution in [1.29, 1.82) is 0 Å². The van der Waals surface area contributed by atoms with Crippen molar-refractivity contribution >= 4 is 23.5 Å². The zero-order valence-electron chi connectivity index (χ0n) is 8.82. The van der Waals surface area contributed by atoms with Crippen LogP contribution in [-0.4, -0.2) is 28.9 Å². The fraction of sp³-hybridized carbons (Fsp3) is 0.273. The van der Waals surface area contributed by atoms with Gasteiger partial charge in [0.1, 0.15) is 17.7 Å². The van der Waals surface area contributed by atoms with Gasteiger partial charge in [-0.25, -0.2) is 9.18 Å². The van der Waals surface area contributed by atoms with Crippen molar-refractivity contribution in [2.24, 2.45) is 0 Å². The largest absolute Gasteiger partial charge is 0.480 e. The molecule has 0 bridgehead atoms. The summed E-state index contributed by atoms with van der Waals surface area (Å²) in [5.74, 6) is -2.52. The highest BCUT2D eigenvalue weighted by molar-refractivity contribution is 6.27. The van der Waals surface area contributed by atoms with Gasteiger partial charge in [0.05, 0.1) is 0 Å². The molecule has 4 nitrogen and oxygen atoms in total. The number of carbonyl (C=O) groups is 2. The Morgan fingerprint density at radius 2 is 2.18 bits per heavy atom. The summed E-state index contributed by atoms with van der Waals surface area (Å²) in [5.41, 5.74) is 0.493. The van der Waals surface area contributed by atoms with Crippen LogP contribution in [0.4, 0.5) is 4.39 Å². The first-order valence-electron chi connectivity index (χ1n) is 4.85. The molecule has 1 amide bonds. The molecule has 0 saturated heterocycles. The molecule has 2 N–H and O–H groups in total. The Morgan fingerprint density at radius 3 is 2.71 bits per heavy atom. The van der Waals surface area contributed by atoms with E-state index in [2.05, 4.69) is 5.32 Å². The molecule has 0 saturated carbocycles. The fourth-order valence-corrected chi connectivity index (χ4v) is 1.41. The first-order valence-corrected chi connectivity index (χ1v) is 5.39. The number of rotatable bonds is 5. The summed E-state index contributed by atoms with van der Waals surface area (Å²) in [7, 11) is 0. The molecule has 6 heteroatoms. The second-order valence-electron chi connectivity index (χ2n) is 3.43. The zero-order valence-corrected chi connectivity index (χ0v) is 9.58. The molecular weight excluding hydrogens is 249 g/mol. The maximum Gasteiger partial charge on any atom is 0.326 e. The van der Waals surface area contributed by atoms with Crippen molar-refractivity contribution in [2.45, 2.75) is 12.5 Å². The lowest BCUT2D eigenvalue weighted by Gasteiger charge is -2.13. The third kappa shape index (κ3) is 4.40. The van der Waals surface area contributed by atoms with Crippen LogP contribution < -0.4 is 5.32 Å². The van der Waals surface area contributed by atoms with Crippen molar-refractivity contribution < 1.29 is 19.1 Å². The van der Waals surface area contributed by atoms with E-state index in [0.717, 1.165) is 0 Å². The van der Waals surface area contributed by atoms with E-state index in [-0.39, 0.29) is 12.3 Å². The number of amides is 1. The van der Waals surface area contributed by atoms with E-state index in [9.17, 15) is 14.0 Å². The predicted octanol–water partition coefficient (Wildman–Crippen LogP) is 1.18. The Morgan fingerprint density at radius 1 is 1.47 bits per heavy atom. The Labute approximate surface area is 102 Å². The summed E-state index contributed by atoms with van der Waals surface area (Å²) in [6.45, 7) is 0. The van der Waals surface area contributed by atoms with Gasteiger partial charge < -0.3 is 10.4 Å². The lowest BCUT2D eigenvalue weighted by Crippen LogP contribution is -2.42. The molecule has 0 aliphatic rings. The normalized spacial score (nSPS) is 11.9. The van der Waals surface area contributed by atoms with Crippen molar-refractivity contribution in [3.63, 3.8) is 0 Å². The van der Waals surface area contributed by atoms with Gasteiger partial charge in [0.2, 0.25) is 5.91 Å². The first-order chi connectivity index (χ1) is 8.02. The van der Waals surface area contributed by atoms with Gasteiger partial charge in [0.15, 0.2) is 0 Å². The van der Waals surface area contributed by atoms with E-state index in [0.29, 0.717) is 5.56 Å². The topological polar surface area (TPSA) is 66.4 Å².